The topological polar surface area (TPSA) is 51.5 Å². The third-order valence-electron chi connectivity index (χ3n) is 3.29. The Bertz CT molecular complexity index is 610. The molecular formula is C17H20ClNO3. The Morgan fingerprint density at radius 3 is 2.91 bits per heavy atom. The molecule has 0 aliphatic rings. The average Bonchev–Trinajstić information content (AvgIpc) is 3.00. The van der Waals surface area contributed by atoms with E-state index in [2.05, 4.69) is 5.32 Å². The van der Waals surface area contributed by atoms with Crippen molar-refractivity contribution in [3.8, 4) is 5.75 Å². The van der Waals surface area contributed by atoms with Gasteiger partial charge in [0.05, 0.1) is 6.26 Å². The van der Waals surface area contributed by atoms with E-state index in [-0.39, 0.29) is 5.91 Å². The second-order valence-electron chi connectivity index (χ2n) is 5.15. The number of hydrogen-bond donors (Lipinski definition) is 1. The first-order valence-corrected chi connectivity index (χ1v) is 7.67. The van der Waals surface area contributed by atoms with Crippen molar-refractivity contribution < 1.29 is 13.9 Å². The molecule has 0 bridgehead atoms. The van der Waals surface area contributed by atoms with Gasteiger partial charge in [0.1, 0.15) is 11.5 Å². The van der Waals surface area contributed by atoms with Crippen LogP contribution < -0.4 is 10.1 Å². The molecule has 0 radical (unpaired) electrons. The molecule has 1 heterocycles. The maximum Gasteiger partial charge on any atom is 0.260 e. The van der Waals surface area contributed by atoms with Crippen LogP contribution in [0.25, 0.3) is 0 Å². The molecule has 0 saturated heterocycles. The minimum absolute atomic E-state index is 0.132. The highest BCUT2D eigenvalue weighted by Gasteiger charge is 2.14. The summed E-state index contributed by atoms with van der Waals surface area (Å²) < 4.78 is 10.9. The second-order valence-corrected chi connectivity index (χ2v) is 5.55. The zero-order chi connectivity index (χ0) is 15.9. The number of furan rings is 1. The van der Waals surface area contributed by atoms with Gasteiger partial charge in [0.2, 0.25) is 0 Å². The van der Waals surface area contributed by atoms with Crippen molar-refractivity contribution in [1.82, 2.24) is 5.32 Å². The van der Waals surface area contributed by atoms with Gasteiger partial charge in [-0.05, 0) is 56.2 Å². The Morgan fingerprint density at radius 1 is 1.41 bits per heavy atom. The number of nitrogens with one attached hydrogen (secondary N) is 1. The van der Waals surface area contributed by atoms with Gasteiger partial charge < -0.3 is 14.5 Å². The summed E-state index contributed by atoms with van der Waals surface area (Å²) in [5.41, 5.74) is 0.922. The molecule has 118 valence electrons. The zero-order valence-electron chi connectivity index (χ0n) is 12.8. The standard InChI is InChI=1S/C17H20ClNO3/c1-12-11-15(7-8-16(12)18)22-13(2)17(20)19-9-3-5-14-6-4-10-21-14/h4,6-8,10-11,13H,3,5,9H2,1-2H3,(H,19,20). The van der Waals surface area contributed by atoms with Crippen LogP contribution in [0.15, 0.2) is 41.0 Å². The van der Waals surface area contributed by atoms with Crippen molar-refractivity contribution in [2.45, 2.75) is 32.8 Å². The van der Waals surface area contributed by atoms with Gasteiger partial charge >= 0.3 is 0 Å². The van der Waals surface area contributed by atoms with Gasteiger partial charge in [-0.25, -0.2) is 0 Å². The molecule has 1 amide bonds. The molecule has 0 spiro atoms. The van der Waals surface area contributed by atoms with Crippen molar-refractivity contribution in [1.29, 1.82) is 0 Å². The van der Waals surface area contributed by atoms with Gasteiger partial charge in [-0.15, -0.1) is 0 Å². The number of hydrogen-bond acceptors (Lipinski definition) is 3. The summed E-state index contributed by atoms with van der Waals surface area (Å²) in [5, 5.41) is 3.54. The molecule has 0 aliphatic heterocycles. The van der Waals surface area contributed by atoms with Crippen LogP contribution >= 0.6 is 11.6 Å². The minimum atomic E-state index is -0.552. The Hall–Kier alpha value is -1.94. The molecule has 0 fully saturated rings. The van der Waals surface area contributed by atoms with E-state index >= 15 is 0 Å². The molecule has 5 heteroatoms. The van der Waals surface area contributed by atoms with Crippen LogP contribution in [0.3, 0.4) is 0 Å². The SMILES string of the molecule is Cc1cc(OC(C)C(=O)NCCCc2ccco2)ccc1Cl. The number of rotatable bonds is 7. The lowest BCUT2D eigenvalue weighted by atomic mass is 10.2. The van der Waals surface area contributed by atoms with E-state index < -0.39 is 6.10 Å². The summed E-state index contributed by atoms with van der Waals surface area (Å²) in [4.78, 5) is 12.0. The first-order valence-electron chi connectivity index (χ1n) is 7.29. The summed E-state index contributed by atoms with van der Waals surface area (Å²) in [7, 11) is 0. The first-order chi connectivity index (χ1) is 10.6. The third-order valence-corrected chi connectivity index (χ3v) is 3.71. The normalized spacial score (nSPS) is 12.0. The molecule has 0 saturated carbocycles. The van der Waals surface area contributed by atoms with Gasteiger partial charge in [-0.3, -0.25) is 4.79 Å². The number of benzene rings is 1. The number of ether oxygens (including phenoxy) is 1. The smallest absolute Gasteiger partial charge is 0.260 e. The van der Waals surface area contributed by atoms with Crippen LogP contribution in [0.5, 0.6) is 5.75 Å². The number of amides is 1. The lowest BCUT2D eigenvalue weighted by Crippen LogP contribution is -2.36. The van der Waals surface area contributed by atoms with Gasteiger partial charge in [0.25, 0.3) is 5.91 Å². The average molecular weight is 322 g/mol. The molecule has 1 N–H and O–H groups in total. The zero-order valence-corrected chi connectivity index (χ0v) is 13.5. The van der Waals surface area contributed by atoms with E-state index in [1.807, 2.05) is 25.1 Å². The second kappa shape index (κ2) is 7.90. The third kappa shape index (κ3) is 4.81. The lowest BCUT2D eigenvalue weighted by Gasteiger charge is -2.15. The summed E-state index contributed by atoms with van der Waals surface area (Å²) in [5.74, 6) is 1.43. The maximum absolute atomic E-state index is 12.0. The van der Waals surface area contributed by atoms with E-state index in [0.717, 1.165) is 24.2 Å². The molecule has 2 rings (SSSR count). The van der Waals surface area contributed by atoms with E-state index in [1.54, 1.807) is 25.3 Å². The van der Waals surface area contributed by atoms with Gasteiger partial charge in [-0.1, -0.05) is 11.6 Å². The van der Waals surface area contributed by atoms with Crippen molar-refractivity contribution in [3.05, 3.63) is 52.9 Å². The van der Waals surface area contributed by atoms with E-state index in [9.17, 15) is 4.79 Å². The molecular weight excluding hydrogens is 302 g/mol. The largest absolute Gasteiger partial charge is 0.481 e. The van der Waals surface area contributed by atoms with Crippen LogP contribution in [-0.4, -0.2) is 18.6 Å². The Morgan fingerprint density at radius 2 is 2.23 bits per heavy atom. The van der Waals surface area contributed by atoms with Crippen LogP contribution in [0.1, 0.15) is 24.7 Å². The molecule has 22 heavy (non-hydrogen) atoms. The highest BCUT2D eigenvalue weighted by Crippen LogP contribution is 2.21. The van der Waals surface area contributed by atoms with Crippen molar-refractivity contribution in [2.75, 3.05) is 6.54 Å². The van der Waals surface area contributed by atoms with Gasteiger partial charge in [0.15, 0.2) is 6.10 Å². The molecule has 1 atom stereocenters. The van der Waals surface area contributed by atoms with Crippen molar-refractivity contribution in [3.63, 3.8) is 0 Å². The van der Waals surface area contributed by atoms with E-state index in [0.29, 0.717) is 17.3 Å². The summed E-state index contributed by atoms with van der Waals surface area (Å²) >= 11 is 5.96. The minimum Gasteiger partial charge on any atom is -0.481 e. The van der Waals surface area contributed by atoms with Gasteiger partial charge in [-0.2, -0.15) is 0 Å². The number of aryl methyl sites for hydroxylation is 2. The quantitative estimate of drug-likeness (QED) is 0.790. The highest BCUT2D eigenvalue weighted by atomic mass is 35.5. The van der Waals surface area contributed by atoms with E-state index in [1.165, 1.54) is 0 Å². The summed E-state index contributed by atoms with van der Waals surface area (Å²) in [6, 6.07) is 9.13. The van der Waals surface area contributed by atoms with E-state index in [4.69, 9.17) is 20.8 Å². The monoisotopic (exact) mass is 321 g/mol. The predicted octanol–water partition coefficient (Wildman–Crippen LogP) is 3.76. The molecule has 2 aromatic rings. The summed E-state index contributed by atoms with van der Waals surface area (Å²) in [6.07, 6.45) is 2.73. The Labute approximate surface area is 135 Å². The molecule has 1 unspecified atom stereocenters. The van der Waals surface area contributed by atoms with Crippen LogP contribution in [0.4, 0.5) is 0 Å². The first kappa shape index (κ1) is 16.4. The van der Waals surface area contributed by atoms with Crippen LogP contribution in [0, 0.1) is 6.92 Å². The van der Waals surface area contributed by atoms with Crippen LogP contribution in [0.2, 0.25) is 5.02 Å². The summed E-state index contributed by atoms with van der Waals surface area (Å²) in [6.45, 7) is 4.22. The van der Waals surface area contributed by atoms with Crippen molar-refractivity contribution in [2.24, 2.45) is 0 Å². The lowest BCUT2D eigenvalue weighted by molar-refractivity contribution is -0.127. The highest BCUT2D eigenvalue weighted by molar-refractivity contribution is 6.31. The molecule has 0 aliphatic carbocycles. The Kier molecular flexibility index (Phi) is 5.90. The fourth-order valence-electron chi connectivity index (χ4n) is 2.02. The Balaban J connectivity index is 1.73. The van der Waals surface area contributed by atoms with Gasteiger partial charge in [0, 0.05) is 18.0 Å². The maximum atomic E-state index is 12.0. The predicted molar refractivity (Wildman–Crippen MR) is 86.3 cm³/mol. The van der Waals surface area contributed by atoms with Crippen LogP contribution in [-0.2, 0) is 11.2 Å². The van der Waals surface area contributed by atoms with Crippen molar-refractivity contribution >= 4 is 17.5 Å². The molecule has 1 aromatic heterocycles. The molecule has 4 nitrogen and oxygen atoms in total. The number of halogens is 1. The fourth-order valence-corrected chi connectivity index (χ4v) is 2.14. The number of carbonyl (C=O) groups is 1. The fraction of sp³-hybridized carbons (Fsp3) is 0.353. The number of carbonyl (C=O) groups excluding carboxylic acids is 1. The molecule has 1 aromatic carbocycles.